The predicted octanol–water partition coefficient (Wildman–Crippen LogP) is 1.75. The van der Waals surface area contributed by atoms with E-state index in [-0.39, 0.29) is 12.5 Å². The topological polar surface area (TPSA) is 79.3 Å². The van der Waals surface area contributed by atoms with Crippen LogP contribution < -0.4 is 10.5 Å². The van der Waals surface area contributed by atoms with Crippen LogP contribution >= 0.6 is 22.6 Å². The quantitative estimate of drug-likeness (QED) is 0.650. The summed E-state index contributed by atoms with van der Waals surface area (Å²) in [6, 6.07) is 5.33. The molecule has 1 unspecified atom stereocenters. The van der Waals surface area contributed by atoms with Crippen LogP contribution in [0.1, 0.15) is 12.5 Å². The first kappa shape index (κ1) is 13.1. The van der Waals surface area contributed by atoms with Crippen molar-refractivity contribution in [1.82, 2.24) is 0 Å². The first-order chi connectivity index (χ1) is 7.58. The highest BCUT2D eigenvalue weighted by atomic mass is 127. The summed E-state index contributed by atoms with van der Waals surface area (Å²) in [5.41, 5.74) is 6.75. The third kappa shape index (κ3) is 3.25. The number of hydrogen-bond acceptors (Lipinski definition) is 4. The van der Waals surface area contributed by atoms with Crippen molar-refractivity contribution in [3.05, 3.63) is 21.3 Å². The van der Waals surface area contributed by atoms with Crippen molar-refractivity contribution in [2.45, 2.75) is 6.92 Å². The molecule has 0 aliphatic heterocycles. The van der Waals surface area contributed by atoms with E-state index in [1.165, 1.54) is 0 Å². The smallest absolute Gasteiger partial charge is 0.155 e. The number of benzene rings is 1. The molecule has 0 heterocycles. The number of hydrogen-bond donors (Lipinski definition) is 2. The Labute approximate surface area is 108 Å². The Morgan fingerprint density at radius 2 is 2.31 bits per heavy atom. The minimum atomic E-state index is 0.0610. The minimum Gasteiger partial charge on any atom is -0.490 e. The molecule has 0 aliphatic rings. The predicted molar refractivity (Wildman–Crippen MR) is 70.0 cm³/mol. The second-order valence-electron chi connectivity index (χ2n) is 3.59. The second-order valence-corrected chi connectivity index (χ2v) is 4.75. The van der Waals surface area contributed by atoms with Crippen LogP contribution in [0.25, 0.3) is 0 Å². The molecule has 86 valence electrons. The molecular formula is C11H13IN2O2. The fourth-order valence-electron chi connectivity index (χ4n) is 1.11. The van der Waals surface area contributed by atoms with Crippen molar-refractivity contribution >= 4 is 28.3 Å². The van der Waals surface area contributed by atoms with E-state index >= 15 is 0 Å². The number of aliphatic hydroxyl groups excluding tert-OH is 1. The van der Waals surface area contributed by atoms with Gasteiger partial charge < -0.3 is 15.6 Å². The molecule has 0 saturated heterocycles. The van der Waals surface area contributed by atoms with Crippen LogP contribution in [0.3, 0.4) is 0 Å². The lowest BCUT2D eigenvalue weighted by Crippen LogP contribution is -2.13. The Morgan fingerprint density at radius 1 is 1.62 bits per heavy atom. The van der Waals surface area contributed by atoms with Crippen molar-refractivity contribution in [1.29, 1.82) is 5.26 Å². The van der Waals surface area contributed by atoms with Gasteiger partial charge in [-0.1, -0.05) is 6.92 Å². The van der Waals surface area contributed by atoms with Gasteiger partial charge in [0.1, 0.15) is 0 Å². The van der Waals surface area contributed by atoms with Gasteiger partial charge in [0.25, 0.3) is 0 Å². The van der Waals surface area contributed by atoms with Crippen LogP contribution in [0.2, 0.25) is 0 Å². The van der Waals surface area contributed by atoms with Gasteiger partial charge in [-0.05, 0) is 34.7 Å². The van der Waals surface area contributed by atoms with Gasteiger partial charge in [-0.3, -0.25) is 0 Å². The lowest BCUT2D eigenvalue weighted by atomic mass is 10.2. The van der Waals surface area contributed by atoms with E-state index < -0.39 is 0 Å². The molecule has 0 aliphatic carbocycles. The number of halogens is 1. The molecule has 3 N–H and O–H groups in total. The fourth-order valence-corrected chi connectivity index (χ4v) is 1.91. The summed E-state index contributed by atoms with van der Waals surface area (Å²) in [6.07, 6.45) is 0. The van der Waals surface area contributed by atoms with E-state index in [1.54, 1.807) is 12.1 Å². The number of aliphatic hydroxyl groups is 1. The first-order valence-corrected chi connectivity index (χ1v) is 5.89. The number of nitrogens with zero attached hydrogens (tertiary/aromatic N) is 1. The van der Waals surface area contributed by atoms with Crippen LogP contribution in [-0.2, 0) is 0 Å². The highest BCUT2D eigenvalue weighted by Gasteiger charge is 2.10. The van der Waals surface area contributed by atoms with Gasteiger partial charge in [0.2, 0.25) is 0 Å². The zero-order valence-corrected chi connectivity index (χ0v) is 11.1. The van der Waals surface area contributed by atoms with Crippen molar-refractivity contribution in [3.63, 3.8) is 0 Å². The van der Waals surface area contributed by atoms with Gasteiger partial charge in [-0.2, -0.15) is 5.26 Å². The van der Waals surface area contributed by atoms with Crippen molar-refractivity contribution in [2.75, 3.05) is 18.9 Å². The maximum Gasteiger partial charge on any atom is 0.155 e. The van der Waals surface area contributed by atoms with Gasteiger partial charge in [-0.25, -0.2) is 0 Å². The largest absolute Gasteiger partial charge is 0.490 e. The van der Waals surface area contributed by atoms with Crippen molar-refractivity contribution < 1.29 is 9.84 Å². The number of rotatable bonds is 4. The number of nitrogens with two attached hydrogens (primary N) is 1. The van der Waals surface area contributed by atoms with Crippen LogP contribution in [-0.4, -0.2) is 18.3 Å². The number of anilines is 1. The van der Waals surface area contributed by atoms with Gasteiger partial charge in [0.05, 0.1) is 27.5 Å². The van der Waals surface area contributed by atoms with E-state index in [2.05, 4.69) is 22.6 Å². The van der Waals surface area contributed by atoms with Crippen molar-refractivity contribution in [3.8, 4) is 11.8 Å². The summed E-state index contributed by atoms with van der Waals surface area (Å²) in [4.78, 5) is 0. The van der Waals surface area contributed by atoms with Crippen LogP contribution in [0, 0.1) is 20.8 Å². The first-order valence-electron chi connectivity index (χ1n) is 4.81. The number of nitrogen functional groups attached to an aromatic ring is 1. The second kappa shape index (κ2) is 5.92. The Kier molecular flexibility index (Phi) is 4.83. The summed E-state index contributed by atoms with van der Waals surface area (Å²) in [5.74, 6) is 0.644. The average molecular weight is 332 g/mol. The molecule has 0 aromatic heterocycles. The Balaban J connectivity index is 2.85. The molecule has 1 aromatic carbocycles. The van der Waals surface area contributed by atoms with Crippen LogP contribution in [0.15, 0.2) is 12.1 Å². The molecule has 0 fully saturated rings. The average Bonchev–Trinajstić information content (AvgIpc) is 2.27. The minimum absolute atomic E-state index is 0.0610. The SMILES string of the molecule is CC(CO)COc1c(N)cc(C#N)cc1I. The molecule has 1 aromatic rings. The molecule has 1 rings (SSSR count). The van der Waals surface area contributed by atoms with Crippen molar-refractivity contribution in [2.24, 2.45) is 5.92 Å². The monoisotopic (exact) mass is 332 g/mol. The van der Waals surface area contributed by atoms with E-state index in [4.69, 9.17) is 20.8 Å². The molecule has 16 heavy (non-hydrogen) atoms. The molecule has 0 spiro atoms. The Bertz CT molecular complexity index is 392. The zero-order chi connectivity index (χ0) is 12.1. The lowest BCUT2D eigenvalue weighted by molar-refractivity contribution is 0.174. The summed E-state index contributed by atoms with van der Waals surface area (Å²) in [7, 11) is 0. The van der Waals surface area contributed by atoms with E-state index in [9.17, 15) is 0 Å². The molecule has 1 atom stereocenters. The number of ether oxygens (including phenoxy) is 1. The third-order valence-electron chi connectivity index (χ3n) is 2.03. The molecule has 4 nitrogen and oxygen atoms in total. The highest BCUT2D eigenvalue weighted by molar-refractivity contribution is 14.1. The highest BCUT2D eigenvalue weighted by Crippen LogP contribution is 2.29. The van der Waals surface area contributed by atoms with Gasteiger partial charge in [0, 0.05) is 12.5 Å². The summed E-state index contributed by atoms with van der Waals surface area (Å²) in [6.45, 7) is 2.36. The third-order valence-corrected chi connectivity index (χ3v) is 2.83. The molecule has 0 radical (unpaired) electrons. The zero-order valence-electron chi connectivity index (χ0n) is 8.90. The summed E-state index contributed by atoms with van der Waals surface area (Å²) in [5, 5.41) is 17.6. The van der Waals surface area contributed by atoms with Crippen LogP contribution in [0.5, 0.6) is 5.75 Å². The lowest BCUT2D eigenvalue weighted by Gasteiger charge is -2.14. The molecule has 0 amide bonds. The van der Waals surface area contributed by atoms with E-state index in [0.29, 0.717) is 23.6 Å². The van der Waals surface area contributed by atoms with Gasteiger partial charge >= 0.3 is 0 Å². The number of nitriles is 1. The van der Waals surface area contributed by atoms with E-state index in [1.807, 2.05) is 13.0 Å². The fraction of sp³-hybridized carbons (Fsp3) is 0.364. The molecule has 5 heteroatoms. The standard InChI is InChI=1S/C11H13IN2O2/c1-7(5-15)6-16-11-9(12)2-8(4-13)3-10(11)14/h2-3,7,15H,5-6,14H2,1H3. The summed E-state index contributed by atoms with van der Waals surface area (Å²) < 4.78 is 6.32. The Morgan fingerprint density at radius 3 is 2.81 bits per heavy atom. The van der Waals surface area contributed by atoms with Gasteiger partial charge in [0.15, 0.2) is 5.75 Å². The molecular weight excluding hydrogens is 319 g/mol. The van der Waals surface area contributed by atoms with Gasteiger partial charge in [-0.15, -0.1) is 0 Å². The van der Waals surface area contributed by atoms with Crippen LogP contribution in [0.4, 0.5) is 5.69 Å². The van der Waals surface area contributed by atoms with E-state index in [0.717, 1.165) is 3.57 Å². The maximum absolute atomic E-state index is 8.88. The maximum atomic E-state index is 8.88. The normalized spacial score (nSPS) is 11.9. The molecule has 0 saturated carbocycles. The molecule has 0 bridgehead atoms. The Hall–Kier alpha value is -1.00. The summed E-state index contributed by atoms with van der Waals surface area (Å²) >= 11 is 2.08.